The average Bonchev–Trinajstić information content (AvgIpc) is 2.96. The predicted octanol–water partition coefficient (Wildman–Crippen LogP) is 2.49. The van der Waals surface area contributed by atoms with Crippen LogP contribution in [0.1, 0.15) is 15.9 Å². The molecule has 3 rings (SSSR count). The number of carbonyl (C=O) groups is 1. The van der Waals surface area contributed by atoms with E-state index in [1.807, 2.05) is 18.2 Å². The fourth-order valence-electron chi connectivity index (χ4n) is 2.69. The van der Waals surface area contributed by atoms with E-state index in [0.717, 1.165) is 17.7 Å². The zero-order valence-electron chi connectivity index (χ0n) is 12.6. The van der Waals surface area contributed by atoms with E-state index in [9.17, 15) is 4.79 Å². The van der Waals surface area contributed by atoms with Crippen LogP contribution in [0.3, 0.4) is 0 Å². The Balaban J connectivity index is 1.98. The molecule has 0 unspecified atom stereocenters. The van der Waals surface area contributed by atoms with Crippen molar-refractivity contribution in [3.63, 3.8) is 0 Å². The quantitative estimate of drug-likeness (QED) is 0.884. The van der Waals surface area contributed by atoms with Crippen LogP contribution in [0.4, 0.5) is 11.4 Å². The summed E-state index contributed by atoms with van der Waals surface area (Å²) in [6.45, 7) is 0.650. The maximum atomic E-state index is 12.8. The van der Waals surface area contributed by atoms with Crippen molar-refractivity contribution in [2.45, 2.75) is 6.42 Å². The monoisotopic (exact) mass is 298 g/mol. The Hall–Kier alpha value is -2.69. The first-order chi connectivity index (χ1) is 10.6. The van der Waals surface area contributed by atoms with Crippen molar-refractivity contribution in [2.24, 2.45) is 0 Å². The van der Waals surface area contributed by atoms with E-state index in [1.54, 1.807) is 37.3 Å². The van der Waals surface area contributed by atoms with Gasteiger partial charge in [0.1, 0.15) is 11.5 Å². The first-order valence-electron chi connectivity index (χ1n) is 7.05. The second kappa shape index (κ2) is 5.60. The molecule has 0 bridgehead atoms. The Morgan fingerprint density at radius 2 is 1.77 bits per heavy atom. The largest absolute Gasteiger partial charge is 0.497 e. The van der Waals surface area contributed by atoms with Crippen LogP contribution in [0, 0.1) is 0 Å². The zero-order chi connectivity index (χ0) is 15.7. The molecule has 0 saturated carbocycles. The molecule has 2 aromatic carbocycles. The van der Waals surface area contributed by atoms with Crippen LogP contribution >= 0.6 is 0 Å². The molecule has 5 heteroatoms. The second-order valence-corrected chi connectivity index (χ2v) is 5.20. The number of benzene rings is 2. The van der Waals surface area contributed by atoms with Crippen molar-refractivity contribution in [1.29, 1.82) is 0 Å². The lowest BCUT2D eigenvalue weighted by atomic mass is 10.1. The minimum atomic E-state index is -0.0819. The van der Waals surface area contributed by atoms with Crippen molar-refractivity contribution in [1.82, 2.24) is 0 Å². The maximum Gasteiger partial charge on any atom is 0.258 e. The predicted molar refractivity (Wildman–Crippen MR) is 85.8 cm³/mol. The van der Waals surface area contributed by atoms with Gasteiger partial charge < -0.3 is 20.1 Å². The van der Waals surface area contributed by atoms with Gasteiger partial charge in [-0.15, -0.1) is 0 Å². The van der Waals surface area contributed by atoms with Crippen molar-refractivity contribution in [3.8, 4) is 11.5 Å². The smallest absolute Gasteiger partial charge is 0.258 e. The molecule has 1 aliphatic heterocycles. The number of ether oxygens (including phenoxy) is 2. The van der Waals surface area contributed by atoms with Gasteiger partial charge in [-0.25, -0.2) is 0 Å². The highest BCUT2D eigenvalue weighted by molar-refractivity contribution is 6.08. The molecule has 2 aromatic rings. The van der Waals surface area contributed by atoms with Crippen LogP contribution in [-0.4, -0.2) is 26.7 Å². The summed E-state index contributed by atoms with van der Waals surface area (Å²) >= 11 is 0. The number of hydrogen-bond donors (Lipinski definition) is 1. The molecule has 0 spiro atoms. The van der Waals surface area contributed by atoms with E-state index in [4.69, 9.17) is 15.2 Å². The second-order valence-electron chi connectivity index (χ2n) is 5.20. The minimum Gasteiger partial charge on any atom is -0.497 e. The van der Waals surface area contributed by atoms with Gasteiger partial charge in [-0.2, -0.15) is 0 Å². The highest BCUT2D eigenvalue weighted by atomic mass is 16.5. The fraction of sp³-hybridized carbons (Fsp3) is 0.235. The summed E-state index contributed by atoms with van der Waals surface area (Å²) in [5.41, 5.74) is 9.05. The van der Waals surface area contributed by atoms with Crippen LogP contribution in [0.25, 0.3) is 0 Å². The molecule has 1 aliphatic rings. The number of nitrogens with two attached hydrogens (primary N) is 1. The van der Waals surface area contributed by atoms with Gasteiger partial charge in [-0.3, -0.25) is 4.79 Å². The molecule has 0 saturated heterocycles. The lowest BCUT2D eigenvalue weighted by Gasteiger charge is -2.18. The summed E-state index contributed by atoms with van der Waals surface area (Å²) < 4.78 is 10.5. The third kappa shape index (κ3) is 2.45. The summed E-state index contributed by atoms with van der Waals surface area (Å²) in [6.07, 6.45) is 0.836. The summed E-state index contributed by atoms with van der Waals surface area (Å²) in [5, 5.41) is 0. The molecule has 0 atom stereocenters. The van der Waals surface area contributed by atoms with E-state index >= 15 is 0 Å². The molecule has 22 heavy (non-hydrogen) atoms. The Morgan fingerprint density at radius 1 is 1.09 bits per heavy atom. The lowest BCUT2D eigenvalue weighted by molar-refractivity contribution is 0.0988. The molecular weight excluding hydrogens is 280 g/mol. The zero-order valence-corrected chi connectivity index (χ0v) is 12.6. The van der Waals surface area contributed by atoms with Crippen LogP contribution in [0.5, 0.6) is 11.5 Å². The van der Waals surface area contributed by atoms with E-state index < -0.39 is 0 Å². The Bertz CT molecular complexity index is 706. The molecule has 0 aromatic heterocycles. The summed E-state index contributed by atoms with van der Waals surface area (Å²) in [4.78, 5) is 14.6. The summed E-state index contributed by atoms with van der Waals surface area (Å²) in [7, 11) is 3.13. The van der Waals surface area contributed by atoms with Crippen molar-refractivity contribution in [3.05, 3.63) is 47.5 Å². The maximum absolute atomic E-state index is 12.8. The van der Waals surface area contributed by atoms with Crippen molar-refractivity contribution in [2.75, 3.05) is 31.4 Å². The van der Waals surface area contributed by atoms with Gasteiger partial charge in [0.2, 0.25) is 0 Å². The number of nitrogens with zero attached hydrogens (tertiary/aromatic N) is 1. The lowest BCUT2D eigenvalue weighted by Crippen LogP contribution is -2.29. The van der Waals surface area contributed by atoms with Gasteiger partial charge in [-0.05, 0) is 36.2 Å². The standard InChI is InChI=1S/C17H18N2O3/c1-21-14-7-12(8-15(10-14)22-2)17(20)19-6-5-11-3-4-13(18)9-16(11)19/h3-4,7-10H,5-6,18H2,1-2H3. The van der Waals surface area contributed by atoms with Crippen molar-refractivity contribution < 1.29 is 14.3 Å². The van der Waals surface area contributed by atoms with Gasteiger partial charge in [0.05, 0.1) is 14.2 Å². The average molecular weight is 298 g/mol. The topological polar surface area (TPSA) is 64.8 Å². The Morgan fingerprint density at radius 3 is 2.41 bits per heavy atom. The molecular formula is C17H18N2O3. The van der Waals surface area contributed by atoms with E-state index in [2.05, 4.69) is 0 Å². The van der Waals surface area contributed by atoms with E-state index in [0.29, 0.717) is 29.3 Å². The molecule has 0 fully saturated rings. The first-order valence-corrected chi connectivity index (χ1v) is 7.05. The third-order valence-electron chi connectivity index (χ3n) is 3.85. The minimum absolute atomic E-state index is 0.0819. The van der Waals surface area contributed by atoms with Crippen LogP contribution in [0.2, 0.25) is 0 Å². The molecule has 0 aliphatic carbocycles. The molecule has 2 N–H and O–H groups in total. The van der Waals surface area contributed by atoms with Gasteiger partial charge in [0, 0.05) is 29.5 Å². The Kier molecular flexibility index (Phi) is 3.63. The number of methoxy groups -OCH3 is 2. The fourth-order valence-corrected chi connectivity index (χ4v) is 2.69. The van der Waals surface area contributed by atoms with Gasteiger partial charge >= 0.3 is 0 Å². The van der Waals surface area contributed by atoms with Gasteiger partial charge in [0.15, 0.2) is 0 Å². The molecule has 5 nitrogen and oxygen atoms in total. The van der Waals surface area contributed by atoms with Crippen LogP contribution in [-0.2, 0) is 6.42 Å². The van der Waals surface area contributed by atoms with E-state index in [-0.39, 0.29) is 5.91 Å². The highest BCUT2D eigenvalue weighted by Crippen LogP contribution is 2.32. The molecule has 0 radical (unpaired) electrons. The molecule has 1 amide bonds. The number of nitrogen functional groups attached to an aromatic ring is 1. The Labute approximate surface area is 129 Å². The van der Waals surface area contributed by atoms with Crippen LogP contribution < -0.4 is 20.1 Å². The number of rotatable bonds is 3. The summed E-state index contributed by atoms with van der Waals surface area (Å²) in [5.74, 6) is 1.10. The van der Waals surface area contributed by atoms with Crippen molar-refractivity contribution >= 4 is 17.3 Å². The number of hydrogen-bond acceptors (Lipinski definition) is 4. The number of amides is 1. The highest BCUT2D eigenvalue weighted by Gasteiger charge is 2.26. The van der Waals surface area contributed by atoms with Gasteiger partial charge in [0.25, 0.3) is 5.91 Å². The van der Waals surface area contributed by atoms with E-state index in [1.165, 1.54) is 0 Å². The number of fused-ring (bicyclic) bond motifs is 1. The van der Waals surface area contributed by atoms with Crippen LogP contribution in [0.15, 0.2) is 36.4 Å². The molecule has 114 valence electrons. The first kappa shape index (κ1) is 14.3. The third-order valence-corrected chi connectivity index (χ3v) is 3.85. The number of carbonyl (C=O) groups excluding carboxylic acids is 1. The molecule has 1 heterocycles. The summed E-state index contributed by atoms with van der Waals surface area (Å²) in [6, 6.07) is 10.9. The normalized spacial score (nSPS) is 12.9. The van der Waals surface area contributed by atoms with Gasteiger partial charge in [-0.1, -0.05) is 6.07 Å². The SMILES string of the molecule is COc1cc(OC)cc(C(=O)N2CCc3ccc(N)cc32)c1. The number of anilines is 2.